The zero-order valence-electron chi connectivity index (χ0n) is 10.1. The number of hydrogen-bond acceptors (Lipinski definition) is 2. The predicted octanol–water partition coefficient (Wildman–Crippen LogP) is 4.94. The maximum absolute atomic E-state index is 10.0. The van der Waals surface area contributed by atoms with Crippen LogP contribution in [-0.4, -0.2) is 5.11 Å². The minimum Gasteiger partial charge on any atom is -0.506 e. The van der Waals surface area contributed by atoms with Gasteiger partial charge in [0.1, 0.15) is 5.75 Å². The molecule has 3 rings (SSSR count). The second kappa shape index (κ2) is 4.82. The van der Waals surface area contributed by atoms with E-state index in [4.69, 9.17) is 11.6 Å². The molecule has 0 aliphatic carbocycles. The third-order valence-corrected chi connectivity index (χ3v) is 3.27. The van der Waals surface area contributed by atoms with Gasteiger partial charge in [-0.05, 0) is 35.7 Å². The average molecular weight is 270 g/mol. The fourth-order valence-corrected chi connectivity index (χ4v) is 2.19. The topological polar surface area (TPSA) is 32.3 Å². The quantitative estimate of drug-likeness (QED) is 0.646. The Balaban J connectivity index is 2.09. The molecule has 0 saturated heterocycles. The Labute approximate surface area is 116 Å². The number of hydrogen-bond donors (Lipinski definition) is 2. The van der Waals surface area contributed by atoms with Crippen LogP contribution in [0.15, 0.2) is 60.7 Å². The SMILES string of the molecule is Oc1ccc2ccccc2c1Nc1ccc(Cl)cc1. The van der Waals surface area contributed by atoms with Crippen molar-refractivity contribution in [3.63, 3.8) is 0 Å². The van der Waals surface area contributed by atoms with Crippen LogP contribution in [-0.2, 0) is 0 Å². The Morgan fingerprint density at radius 2 is 1.58 bits per heavy atom. The third kappa shape index (κ3) is 2.35. The molecular formula is C16H12ClNO. The first kappa shape index (κ1) is 11.9. The van der Waals surface area contributed by atoms with Crippen LogP contribution in [0.25, 0.3) is 10.8 Å². The van der Waals surface area contributed by atoms with Gasteiger partial charge in [-0.1, -0.05) is 41.9 Å². The van der Waals surface area contributed by atoms with Crippen LogP contribution < -0.4 is 5.32 Å². The van der Waals surface area contributed by atoms with Gasteiger partial charge in [0.2, 0.25) is 0 Å². The molecule has 0 unspecified atom stereocenters. The molecule has 2 N–H and O–H groups in total. The van der Waals surface area contributed by atoms with E-state index < -0.39 is 0 Å². The highest BCUT2D eigenvalue weighted by atomic mass is 35.5. The van der Waals surface area contributed by atoms with E-state index in [0.29, 0.717) is 10.7 Å². The first-order chi connectivity index (χ1) is 9.24. The summed E-state index contributed by atoms with van der Waals surface area (Å²) in [6, 6.07) is 18.9. The number of nitrogens with one attached hydrogen (secondary N) is 1. The van der Waals surface area contributed by atoms with Crippen molar-refractivity contribution in [3.8, 4) is 5.75 Å². The van der Waals surface area contributed by atoms with Crippen LogP contribution in [0.4, 0.5) is 11.4 Å². The summed E-state index contributed by atoms with van der Waals surface area (Å²) in [5, 5.41) is 16.0. The molecule has 0 saturated carbocycles. The van der Waals surface area contributed by atoms with Gasteiger partial charge in [0.25, 0.3) is 0 Å². The highest BCUT2D eigenvalue weighted by molar-refractivity contribution is 6.30. The lowest BCUT2D eigenvalue weighted by Gasteiger charge is -2.12. The molecule has 0 aliphatic heterocycles. The van der Waals surface area contributed by atoms with Gasteiger partial charge in [-0.2, -0.15) is 0 Å². The van der Waals surface area contributed by atoms with Crippen LogP contribution in [0.1, 0.15) is 0 Å². The van der Waals surface area contributed by atoms with Gasteiger partial charge in [0, 0.05) is 16.1 Å². The summed E-state index contributed by atoms with van der Waals surface area (Å²) in [5.41, 5.74) is 1.59. The van der Waals surface area contributed by atoms with Crippen molar-refractivity contribution in [1.29, 1.82) is 0 Å². The highest BCUT2D eigenvalue weighted by Gasteiger charge is 2.06. The Morgan fingerprint density at radius 3 is 2.37 bits per heavy atom. The van der Waals surface area contributed by atoms with Gasteiger partial charge in [-0.15, -0.1) is 0 Å². The molecule has 0 fully saturated rings. The maximum atomic E-state index is 10.0. The van der Waals surface area contributed by atoms with Crippen molar-refractivity contribution < 1.29 is 5.11 Å². The number of rotatable bonds is 2. The average Bonchev–Trinajstić information content (AvgIpc) is 2.44. The van der Waals surface area contributed by atoms with Crippen LogP contribution >= 0.6 is 11.6 Å². The Bertz CT molecular complexity index is 722. The van der Waals surface area contributed by atoms with Crippen LogP contribution in [0.5, 0.6) is 5.75 Å². The van der Waals surface area contributed by atoms with Crippen molar-refractivity contribution in [3.05, 3.63) is 65.7 Å². The van der Waals surface area contributed by atoms with E-state index in [9.17, 15) is 5.11 Å². The summed E-state index contributed by atoms with van der Waals surface area (Å²) in [5.74, 6) is 0.230. The molecular weight excluding hydrogens is 258 g/mol. The molecule has 3 heteroatoms. The van der Waals surface area contributed by atoms with Crippen molar-refractivity contribution in [2.45, 2.75) is 0 Å². The summed E-state index contributed by atoms with van der Waals surface area (Å²) in [4.78, 5) is 0. The van der Waals surface area contributed by atoms with E-state index in [-0.39, 0.29) is 5.75 Å². The molecule has 3 aromatic carbocycles. The molecule has 3 aromatic rings. The standard InChI is InChI=1S/C16H12ClNO/c17-12-6-8-13(9-7-12)18-16-14-4-2-1-3-11(14)5-10-15(16)19/h1-10,18-19H. The van der Waals surface area contributed by atoms with Gasteiger partial charge in [-0.3, -0.25) is 0 Å². The molecule has 0 atom stereocenters. The lowest BCUT2D eigenvalue weighted by molar-refractivity contribution is 0.478. The van der Waals surface area contributed by atoms with E-state index in [0.717, 1.165) is 16.5 Å². The molecule has 0 amide bonds. The number of benzene rings is 3. The molecule has 0 bridgehead atoms. The van der Waals surface area contributed by atoms with Gasteiger partial charge < -0.3 is 10.4 Å². The lowest BCUT2D eigenvalue weighted by atomic mass is 10.1. The third-order valence-electron chi connectivity index (χ3n) is 3.02. The number of anilines is 2. The van der Waals surface area contributed by atoms with Crippen molar-refractivity contribution in [2.24, 2.45) is 0 Å². The smallest absolute Gasteiger partial charge is 0.139 e. The molecule has 94 valence electrons. The molecule has 19 heavy (non-hydrogen) atoms. The summed E-state index contributed by atoms with van der Waals surface area (Å²) in [6.45, 7) is 0. The minimum atomic E-state index is 0.230. The lowest BCUT2D eigenvalue weighted by Crippen LogP contribution is -1.92. The summed E-state index contributed by atoms with van der Waals surface area (Å²) in [7, 11) is 0. The van der Waals surface area contributed by atoms with E-state index in [1.807, 2.05) is 54.6 Å². The van der Waals surface area contributed by atoms with Crippen LogP contribution in [0.3, 0.4) is 0 Å². The van der Waals surface area contributed by atoms with Crippen molar-refractivity contribution >= 4 is 33.7 Å². The maximum Gasteiger partial charge on any atom is 0.139 e. The summed E-state index contributed by atoms with van der Waals surface area (Å²) >= 11 is 5.86. The zero-order chi connectivity index (χ0) is 13.2. The van der Waals surface area contributed by atoms with Gasteiger partial charge in [0.15, 0.2) is 0 Å². The molecule has 0 heterocycles. The minimum absolute atomic E-state index is 0.230. The molecule has 0 radical (unpaired) electrons. The van der Waals surface area contributed by atoms with Gasteiger partial charge >= 0.3 is 0 Å². The first-order valence-corrected chi connectivity index (χ1v) is 6.35. The number of aromatic hydroxyl groups is 1. The van der Waals surface area contributed by atoms with E-state index >= 15 is 0 Å². The fourth-order valence-electron chi connectivity index (χ4n) is 2.07. The molecule has 2 nitrogen and oxygen atoms in total. The highest BCUT2D eigenvalue weighted by Crippen LogP contribution is 2.34. The summed E-state index contributed by atoms with van der Waals surface area (Å²) in [6.07, 6.45) is 0. The number of phenols is 1. The molecule has 0 spiro atoms. The second-order valence-electron chi connectivity index (χ2n) is 4.31. The number of phenolic OH excluding ortho intramolecular Hbond substituents is 1. The van der Waals surface area contributed by atoms with Crippen molar-refractivity contribution in [1.82, 2.24) is 0 Å². The van der Waals surface area contributed by atoms with Gasteiger partial charge in [0.05, 0.1) is 5.69 Å². The van der Waals surface area contributed by atoms with Gasteiger partial charge in [-0.25, -0.2) is 0 Å². The second-order valence-corrected chi connectivity index (χ2v) is 4.75. The van der Waals surface area contributed by atoms with E-state index in [1.54, 1.807) is 6.07 Å². The Morgan fingerprint density at radius 1 is 0.842 bits per heavy atom. The normalized spacial score (nSPS) is 10.6. The van der Waals surface area contributed by atoms with Crippen LogP contribution in [0, 0.1) is 0 Å². The van der Waals surface area contributed by atoms with E-state index in [2.05, 4.69) is 5.32 Å². The largest absolute Gasteiger partial charge is 0.506 e. The zero-order valence-corrected chi connectivity index (χ0v) is 10.9. The van der Waals surface area contributed by atoms with E-state index in [1.165, 1.54) is 0 Å². The number of halogens is 1. The molecule has 0 aromatic heterocycles. The number of fused-ring (bicyclic) bond motifs is 1. The van der Waals surface area contributed by atoms with Crippen LogP contribution in [0.2, 0.25) is 5.02 Å². The monoisotopic (exact) mass is 269 g/mol. The Hall–Kier alpha value is -2.19. The fraction of sp³-hybridized carbons (Fsp3) is 0. The van der Waals surface area contributed by atoms with Crippen molar-refractivity contribution in [2.75, 3.05) is 5.32 Å². The predicted molar refractivity (Wildman–Crippen MR) is 80.3 cm³/mol. The first-order valence-electron chi connectivity index (χ1n) is 5.97. The summed E-state index contributed by atoms with van der Waals surface area (Å²) < 4.78 is 0. The molecule has 0 aliphatic rings. The Kier molecular flexibility index (Phi) is 3.02.